The Morgan fingerprint density at radius 2 is 1.89 bits per heavy atom. The van der Waals surface area contributed by atoms with Crippen LogP contribution in [0.4, 0.5) is 4.39 Å². The fourth-order valence-electron chi connectivity index (χ4n) is 2.45. The molecule has 0 amide bonds. The molecule has 4 aromatic rings. The molecule has 0 aliphatic carbocycles. The number of nitrogen functional groups attached to an aromatic ring is 1. The number of thioether (sulfide) groups is 1. The molecule has 0 fully saturated rings. The quantitative estimate of drug-likeness (QED) is 0.394. The number of halogens is 2. The van der Waals surface area contributed by atoms with Crippen LogP contribution >= 0.6 is 23.4 Å². The van der Waals surface area contributed by atoms with Gasteiger partial charge >= 0.3 is 0 Å². The van der Waals surface area contributed by atoms with Crippen molar-refractivity contribution in [3.63, 3.8) is 0 Å². The number of nitrogens with two attached hydrogens (primary N) is 1. The van der Waals surface area contributed by atoms with Crippen LogP contribution in [0.5, 0.6) is 0 Å². The summed E-state index contributed by atoms with van der Waals surface area (Å²) in [6, 6.07) is 13.6. The van der Waals surface area contributed by atoms with E-state index >= 15 is 0 Å². The number of hydrogen-bond acceptors (Lipinski definition) is 6. The van der Waals surface area contributed by atoms with Gasteiger partial charge in [-0.3, -0.25) is 0 Å². The zero-order valence-electron chi connectivity index (χ0n) is 13.8. The third-order valence-corrected chi connectivity index (χ3v) is 4.97. The van der Waals surface area contributed by atoms with Gasteiger partial charge in [-0.25, -0.2) is 14.1 Å². The number of nitrogens with zero attached hydrogens (tertiary/aromatic N) is 4. The van der Waals surface area contributed by atoms with Crippen molar-refractivity contribution in [3.8, 4) is 22.7 Å². The predicted molar refractivity (Wildman–Crippen MR) is 102 cm³/mol. The minimum atomic E-state index is -0.409. The summed E-state index contributed by atoms with van der Waals surface area (Å²) in [5.41, 5.74) is 1.17. The summed E-state index contributed by atoms with van der Waals surface area (Å²) in [5, 5.41) is 9.09. The second kappa shape index (κ2) is 7.42. The maximum atomic E-state index is 13.9. The molecule has 27 heavy (non-hydrogen) atoms. The monoisotopic (exact) mass is 401 g/mol. The summed E-state index contributed by atoms with van der Waals surface area (Å²) in [5.74, 6) is 7.42. The summed E-state index contributed by atoms with van der Waals surface area (Å²) < 4.78 is 20.9. The predicted octanol–water partition coefficient (Wildman–Crippen LogP) is 4.40. The van der Waals surface area contributed by atoms with E-state index < -0.39 is 5.82 Å². The molecule has 0 aliphatic rings. The molecule has 2 N–H and O–H groups in total. The summed E-state index contributed by atoms with van der Waals surface area (Å²) in [7, 11) is 0. The molecule has 0 bridgehead atoms. The molecule has 2 heterocycles. The molecule has 2 aromatic carbocycles. The Hall–Kier alpha value is -2.84. The lowest BCUT2D eigenvalue weighted by Gasteiger charge is -2.03. The number of oxazole rings is 1. The summed E-state index contributed by atoms with van der Waals surface area (Å²) in [4.78, 5) is 4.26. The van der Waals surface area contributed by atoms with E-state index in [2.05, 4.69) is 15.2 Å². The molecule has 0 saturated carbocycles. The third kappa shape index (κ3) is 3.67. The van der Waals surface area contributed by atoms with Crippen molar-refractivity contribution in [3.05, 3.63) is 71.5 Å². The van der Waals surface area contributed by atoms with Crippen LogP contribution in [0.2, 0.25) is 5.02 Å². The number of hydrogen-bond donors (Lipinski definition) is 1. The van der Waals surface area contributed by atoms with Crippen LogP contribution in [0, 0.1) is 5.82 Å². The van der Waals surface area contributed by atoms with Crippen LogP contribution in [0.3, 0.4) is 0 Å². The minimum absolute atomic E-state index is 0.254. The molecule has 2 aromatic heterocycles. The second-order valence-corrected chi connectivity index (χ2v) is 6.95. The number of aromatic nitrogens is 4. The molecular formula is C18H13ClFN5OS. The lowest BCUT2D eigenvalue weighted by Crippen LogP contribution is -2.12. The molecule has 4 rings (SSSR count). The molecular weight excluding hydrogens is 389 g/mol. The average molecular weight is 402 g/mol. The topological polar surface area (TPSA) is 82.8 Å². The van der Waals surface area contributed by atoms with Crippen molar-refractivity contribution in [1.29, 1.82) is 0 Å². The molecule has 9 heteroatoms. The van der Waals surface area contributed by atoms with E-state index in [0.29, 0.717) is 33.1 Å². The normalized spacial score (nSPS) is 11.0. The number of rotatable bonds is 5. The molecule has 6 nitrogen and oxygen atoms in total. The van der Waals surface area contributed by atoms with Gasteiger partial charge < -0.3 is 10.3 Å². The van der Waals surface area contributed by atoms with Gasteiger partial charge in [-0.2, -0.15) is 0 Å². The lowest BCUT2D eigenvalue weighted by molar-refractivity contribution is 0.529. The molecule has 0 saturated heterocycles. The van der Waals surface area contributed by atoms with E-state index in [9.17, 15) is 4.39 Å². The van der Waals surface area contributed by atoms with Crippen LogP contribution in [-0.4, -0.2) is 19.9 Å². The lowest BCUT2D eigenvalue weighted by atomic mass is 10.2. The van der Waals surface area contributed by atoms with E-state index in [1.54, 1.807) is 36.5 Å². The van der Waals surface area contributed by atoms with Crippen LogP contribution in [0.15, 0.2) is 64.3 Å². The summed E-state index contributed by atoms with van der Waals surface area (Å²) >= 11 is 7.19. The van der Waals surface area contributed by atoms with E-state index in [1.165, 1.54) is 22.5 Å². The van der Waals surface area contributed by atoms with Gasteiger partial charge in [0.25, 0.3) is 0 Å². The smallest absolute Gasteiger partial charge is 0.210 e. The van der Waals surface area contributed by atoms with Crippen LogP contribution in [-0.2, 0) is 5.75 Å². The first-order valence-electron chi connectivity index (χ1n) is 7.90. The standard InChI is InChI=1S/C18H13ClFN5OS/c19-12-7-5-11(6-8-12)15-9-22-16(26-15)10-27-18-24-23-17(25(18)21)13-3-1-2-4-14(13)20/h1-9H,10,21H2. The highest BCUT2D eigenvalue weighted by molar-refractivity contribution is 7.98. The summed E-state index contributed by atoms with van der Waals surface area (Å²) in [6.45, 7) is 0. The van der Waals surface area contributed by atoms with Crippen LogP contribution < -0.4 is 5.84 Å². The molecule has 0 aliphatic heterocycles. The first kappa shape index (κ1) is 17.6. The van der Waals surface area contributed by atoms with E-state index in [4.69, 9.17) is 21.9 Å². The Morgan fingerprint density at radius 1 is 1.11 bits per heavy atom. The van der Waals surface area contributed by atoms with Crippen molar-refractivity contribution < 1.29 is 8.81 Å². The zero-order valence-corrected chi connectivity index (χ0v) is 15.4. The fraction of sp³-hybridized carbons (Fsp3) is 0.0556. The van der Waals surface area contributed by atoms with Crippen molar-refractivity contribution in [1.82, 2.24) is 19.9 Å². The van der Waals surface area contributed by atoms with Gasteiger partial charge in [0, 0.05) is 10.6 Å². The van der Waals surface area contributed by atoms with Gasteiger partial charge in [0.2, 0.25) is 11.0 Å². The number of benzene rings is 2. The molecule has 0 radical (unpaired) electrons. The van der Waals surface area contributed by atoms with Crippen molar-refractivity contribution >= 4 is 23.4 Å². The maximum Gasteiger partial charge on any atom is 0.210 e. The Labute approximate surface area is 163 Å². The Balaban J connectivity index is 1.49. The van der Waals surface area contributed by atoms with Crippen molar-refractivity contribution in [2.24, 2.45) is 0 Å². The summed E-state index contributed by atoms with van der Waals surface area (Å²) in [6.07, 6.45) is 1.65. The minimum Gasteiger partial charge on any atom is -0.440 e. The first-order chi connectivity index (χ1) is 13.1. The van der Waals surface area contributed by atoms with Crippen molar-refractivity contribution in [2.75, 3.05) is 5.84 Å². The highest BCUT2D eigenvalue weighted by atomic mass is 35.5. The van der Waals surface area contributed by atoms with Crippen LogP contribution in [0.1, 0.15) is 5.89 Å². The maximum absolute atomic E-state index is 13.9. The van der Waals surface area contributed by atoms with E-state index in [1.807, 2.05) is 12.1 Å². The van der Waals surface area contributed by atoms with E-state index in [-0.39, 0.29) is 5.82 Å². The largest absolute Gasteiger partial charge is 0.440 e. The Morgan fingerprint density at radius 3 is 2.67 bits per heavy atom. The fourth-order valence-corrected chi connectivity index (χ4v) is 3.29. The molecule has 136 valence electrons. The first-order valence-corrected chi connectivity index (χ1v) is 9.27. The van der Waals surface area contributed by atoms with Gasteiger partial charge in [0.05, 0.1) is 17.5 Å². The molecule has 0 spiro atoms. The van der Waals surface area contributed by atoms with Gasteiger partial charge in [-0.1, -0.05) is 35.5 Å². The van der Waals surface area contributed by atoms with Gasteiger partial charge in [0.1, 0.15) is 5.82 Å². The SMILES string of the molecule is Nn1c(SCc2ncc(-c3ccc(Cl)cc3)o2)nnc1-c1ccccc1F. The average Bonchev–Trinajstić information content (AvgIpc) is 3.28. The van der Waals surface area contributed by atoms with Gasteiger partial charge in [0.15, 0.2) is 11.6 Å². The highest BCUT2D eigenvalue weighted by Gasteiger charge is 2.16. The van der Waals surface area contributed by atoms with Crippen molar-refractivity contribution in [2.45, 2.75) is 10.9 Å². The zero-order chi connectivity index (χ0) is 18.8. The molecule has 0 unspecified atom stereocenters. The third-order valence-electron chi connectivity index (χ3n) is 3.79. The van der Waals surface area contributed by atoms with Crippen LogP contribution in [0.25, 0.3) is 22.7 Å². The highest BCUT2D eigenvalue weighted by Crippen LogP contribution is 2.27. The Bertz CT molecular complexity index is 1080. The Kier molecular flexibility index (Phi) is 4.83. The molecule has 0 atom stereocenters. The van der Waals surface area contributed by atoms with E-state index in [0.717, 1.165) is 5.56 Å². The van der Waals surface area contributed by atoms with Gasteiger partial charge in [-0.05, 0) is 36.4 Å². The second-order valence-electron chi connectivity index (χ2n) is 5.57. The van der Waals surface area contributed by atoms with Gasteiger partial charge in [-0.15, -0.1) is 10.2 Å².